The number of nitrogens with zero attached hydrogens (tertiary/aromatic N) is 3. The molecule has 0 radical (unpaired) electrons. The van der Waals surface area contributed by atoms with Gasteiger partial charge in [-0.15, -0.1) is 10.2 Å². The molecule has 0 aliphatic carbocycles. The van der Waals surface area contributed by atoms with Crippen LogP contribution in [-0.4, -0.2) is 35.3 Å². The van der Waals surface area contributed by atoms with Gasteiger partial charge in [0, 0.05) is 19.0 Å². The van der Waals surface area contributed by atoms with Crippen molar-refractivity contribution in [1.29, 1.82) is 0 Å². The molecule has 0 amide bonds. The largest absolute Gasteiger partial charge is 0.490 e. The SMILES string of the molecule is CCNCCc1nnc(-c2cccc([N+](=O)[O-])c2OC)s1. The number of ether oxygens (including phenoxy) is 1. The topological polar surface area (TPSA) is 90.2 Å². The number of para-hydroxylation sites is 1. The Balaban J connectivity index is 2.29. The summed E-state index contributed by atoms with van der Waals surface area (Å²) in [6, 6.07) is 4.78. The molecule has 1 N–H and O–H groups in total. The van der Waals surface area contributed by atoms with Crippen LogP contribution in [-0.2, 0) is 6.42 Å². The van der Waals surface area contributed by atoms with Crippen LogP contribution in [0.3, 0.4) is 0 Å². The van der Waals surface area contributed by atoms with Crippen molar-refractivity contribution in [2.45, 2.75) is 13.3 Å². The van der Waals surface area contributed by atoms with E-state index in [1.54, 1.807) is 12.1 Å². The van der Waals surface area contributed by atoms with Gasteiger partial charge in [0.25, 0.3) is 0 Å². The smallest absolute Gasteiger partial charge is 0.311 e. The molecule has 1 aromatic heterocycles. The van der Waals surface area contributed by atoms with Gasteiger partial charge in [-0.1, -0.05) is 24.3 Å². The molecule has 0 saturated carbocycles. The Labute approximate surface area is 126 Å². The third kappa shape index (κ3) is 3.53. The first-order valence-corrected chi connectivity index (χ1v) is 7.33. The number of aromatic nitrogens is 2. The van der Waals surface area contributed by atoms with Crippen molar-refractivity contribution >= 4 is 17.0 Å². The van der Waals surface area contributed by atoms with Crippen molar-refractivity contribution in [1.82, 2.24) is 15.5 Å². The fourth-order valence-electron chi connectivity index (χ4n) is 1.89. The molecule has 1 aromatic carbocycles. The van der Waals surface area contributed by atoms with E-state index in [2.05, 4.69) is 15.5 Å². The quantitative estimate of drug-likeness (QED) is 0.479. The third-order valence-electron chi connectivity index (χ3n) is 2.86. The second-order valence-electron chi connectivity index (χ2n) is 4.22. The third-order valence-corrected chi connectivity index (χ3v) is 3.87. The molecular formula is C13H16N4O3S. The minimum atomic E-state index is -0.463. The number of nitrogens with one attached hydrogen (secondary N) is 1. The number of methoxy groups -OCH3 is 1. The molecule has 0 spiro atoms. The second-order valence-corrected chi connectivity index (χ2v) is 5.28. The van der Waals surface area contributed by atoms with Gasteiger partial charge in [0.05, 0.1) is 17.6 Å². The molecule has 1 heterocycles. The maximum absolute atomic E-state index is 11.0. The maximum atomic E-state index is 11.0. The van der Waals surface area contributed by atoms with Crippen LogP contribution >= 0.6 is 11.3 Å². The fraction of sp³-hybridized carbons (Fsp3) is 0.385. The van der Waals surface area contributed by atoms with E-state index in [9.17, 15) is 10.1 Å². The standard InChI is InChI=1S/C13H16N4O3S/c1-3-14-8-7-11-15-16-13(21-11)9-5-4-6-10(17(18)19)12(9)20-2/h4-6,14H,3,7-8H2,1-2H3. The lowest BCUT2D eigenvalue weighted by molar-refractivity contribution is -0.385. The van der Waals surface area contributed by atoms with Crippen LogP contribution < -0.4 is 10.1 Å². The minimum absolute atomic E-state index is 0.0700. The number of nitro groups is 1. The zero-order valence-electron chi connectivity index (χ0n) is 11.8. The van der Waals surface area contributed by atoms with Crippen LogP contribution in [0.25, 0.3) is 10.6 Å². The highest BCUT2D eigenvalue weighted by Gasteiger charge is 2.21. The number of hydrogen-bond donors (Lipinski definition) is 1. The predicted molar refractivity (Wildman–Crippen MR) is 80.8 cm³/mol. The summed E-state index contributed by atoms with van der Waals surface area (Å²) in [6.07, 6.45) is 0.781. The molecule has 2 aromatic rings. The molecule has 112 valence electrons. The molecule has 8 heteroatoms. The van der Waals surface area contributed by atoms with Crippen molar-refractivity contribution in [2.75, 3.05) is 20.2 Å². The predicted octanol–water partition coefficient (Wildman–Crippen LogP) is 2.27. The van der Waals surface area contributed by atoms with E-state index in [1.807, 2.05) is 6.92 Å². The van der Waals surface area contributed by atoms with Crippen molar-refractivity contribution in [3.05, 3.63) is 33.3 Å². The average molecular weight is 308 g/mol. The van der Waals surface area contributed by atoms with Gasteiger partial charge in [-0.05, 0) is 12.6 Å². The molecular weight excluding hydrogens is 292 g/mol. The number of nitro benzene ring substituents is 1. The molecule has 2 rings (SSSR count). The van der Waals surface area contributed by atoms with Gasteiger partial charge < -0.3 is 10.1 Å². The van der Waals surface area contributed by atoms with Crippen LogP contribution in [0, 0.1) is 10.1 Å². The Kier molecular flexibility index (Phi) is 5.18. The molecule has 21 heavy (non-hydrogen) atoms. The van der Waals surface area contributed by atoms with Gasteiger partial charge in [0.15, 0.2) is 5.01 Å². The highest BCUT2D eigenvalue weighted by atomic mass is 32.1. The average Bonchev–Trinajstić information content (AvgIpc) is 2.95. The van der Waals surface area contributed by atoms with Crippen molar-refractivity contribution in [2.24, 2.45) is 0 Å². The van der Waals surface area contributed by atoms with Crippen molar-refractivity contribution in [3.8, 4) is 16.3 Å². The molecule has 0 unspecified atom stereocenters. The normalized spacial score (nSPS) is 10.6. The summed E-state index contributed by atoms with van der Waals surface area (Å²) in [4.78, 5) is 10.6. The first-order valence-electron chi connectivity index (χ1n) is 6.52. The van der Waals surface area contributed by atoms with Gasteiger partial charge in [-0.3, -0.25) is 10.1 Å². The Hall–Kier alpha value is -2.06. The van der Waals surface area contributed by atoms with E-state index < -0.39 is 4.92 Å². The van der Waals surface area contributed by atoms with E-state index >= 15 is 0 Å². The molecule has 0 fully saturated rings. The summed E-state index contributed by atoms with van der Waals surface area (Å²) in [7, 11) is 1.42. The van der Waals surface area contributed by atoms with E-state index in [4.69, 9.17) is 4.74 Å². The summed E-state index contributed by atoms with van der Waals surface area (Å²) in [5.41, 5.74) is 0.526. The van der Waals surface area contributed by atoms with E-state index in [-0.39, 0.29) is 11.4 Å². The minimum Gasteiger partial charge on any atom is -0.490 e. The summed E-state index contributed by atoms with van der Waals surface area (Å²) < 4.78 is 5.18. The molecule has 7 nitrogen and oxygen atoms in total. The van der Waals surface area contributed by atoms with E-state index in [1.165, 1.54) is 24.5 Å². The highest BCUT2D eigenvalue weighted by molar-refractivity contribution is 7.14. The van der Waals surface area contributed by atoms with Crippen LogP contribution in [0.15, 0.2) is 18.2 Å². The lowest BCUT2D eigenvalue weighted by Crippen LogP contribution is -2.15. The van der Waals surface area contributed by atoms with Gasteiger partial charge in [-0.2, -0.15) is 0 Å². The zero-order valence-corrected chi connectivity index (χ0v) is 12.6. The van der Waals surface area contributed by atoms with Crippen molar-refractivity contribution < 1.29 is 9.66 Å². The lowest BCUT2D eigenvalue weighted by Gasteiger charge is -2.05. The number of likely N-dealkylation sites (N-methyl/N-ethyl adjacent to an activating group) is 1. The van der Waals surface area contributed by atoms with Gasteiger partial charge in [-0.25, -0.2) is 0 Å². The summed E-state index contributed by atoms with van der Waals surface area (Å²) in [5, 5.41) is 24.0. The maximum Gasteiger partial charge on any atom is 0.311 e. The number of rotatable bonds is 7. The van der Waals surface area contributed by atoms with E-state index in [0.29, 0.717) is 10.6 Å². The lowest BCUT2D eigenvalue weighted by atomic mass is 10.2. The Morgan fingerprint density at radius 1 is 1.43 bits per heavy atom. The molecule has 0 aliphatic heterocycles. The van der Waals surface area contributed by atoms with E-state index in [0.717, 1.165) is 24.5 Å². The second kappa shape index (κ2) is 7.09. The summed E-state index contributed by atoms with van der Waals surface area (Å²) >= 11 is 1.42. The Morgan fingerprint density at radius 2 is 2.24 bits per heavy atom. The summed E-state index contributed by atoms with van der Waals surface area (Å²) in [5.74, 6) is 0.219. The monoisotopic (exact) mass is 308 g/mol. The molecule has 0 aliphatic rings. The van der Waals surface area contributed by atoms with Gasteiger partial charge in [0.1, 0.15) is 5.01 Å². The van der Waals surface area contributed by atoms with Crippen molar-refractivity contribution in [3.63, 3.8) is 0 Å². The molecule has 0 atom stereocenters. The van der Waals surface area contributed by atoms with Crippen LogP contribution in [0.1, 0.15) is 11.9 Å². The van der Waals surface area contributed by atoms with Crippen LogP contribution in [0.2, 0.25) is 0 Å². The molecule has 0 bridgehead atoms. The Bertz CT molecular complexity index is 630. The first kappa shape index (κ1) is 15.3. The van der Waals surface area contributed by atoms with Gasteiger partial charge in [0.2, 0.25) is 5.75 Å². The zero-order chi connectivity index (χ0) is 15.2. The highest BCUT2D eigenvalue weighted by Crippen LogP contribution is 2.38. The first-order chi connectivity index (χ1) is 10.2. The number of benzene rings is 1. The number of hydrogen-bond acceptors (Lipinski definition) is 7. The Morgan fingerprint density at radius 3 is 2.90 bits per heavy atom. The molecule has 0 saturated heterocycles. The summed E-state index contributed by atoms with van der Waals surface area (Å²) in [6.45, 7) is 3.78. The fourth-order valence-corrected chi connectivity index (χ4v) is 2.75. The van der Waals surface area contributed by atoms with Crippen LogP contribution in [0.4, 0.5) is 5.69 Å². The van der Waals surface area contributed by atoms with Gasteiger partial charge >= 0.3 is 5.69 Å². The van der Waals surface area contributed by atoms with Crippen LogP contribution in [0.5, 0.6) is 5.75 Å².